The number of anilines is 1. The molecular formula is C25H37Cl2N4+. The Morgan fingerprint density at radius 1 is 0.839 bits per heavy atom. The number of hydrogen-bond donors (Lipinski definition) is 0. The Hall–Kier alpha value is -1.62. The highest BCUT2D eigenvalue weighted by atomic mass is 35.5. The number of nitrogens with zero attached hydrogens (tertiary/aromatic N) is 4. The van der Waals surface area contributed by atoms with Crippen molar-refractivity contribution >= 4 is 40.3 Å². The van der Waals surface area contributed by atoms with Crippen molar-refractivity contribution in [1.82, 2.24) is 0 Å². The molecule has 0 aromatic heterocycles. The molecule has 0 atom stereocenters. The number of benzene rings is 2. The van der Waals surface area contributed by atoms with Crippen LogP contribution in [0.4, 0.5) is 17.1 Å². The second-order valence-corrected chi connectivity index (χ2v) is 8.78. The number of halogens is 2. The van der Waals surface area contributed by atoms with Gasteiger partial charge in [-0.2, -0.15) is 5.11 Å². The Labute approximate surface area is 198 Å². The van der Waals surface area contributed by atoms with Gasteiger partial charge in [0, 0.05) is 12.2 Å². The largest absolute Gasteiger partial charge is 0.366 e. The highest BCUT2D eigenvalue weighted by molar-refractivity contribution is 6.38. The van der Waals surface area contributed by atoms with Crippen molar-refractivity contribution in [3.05, 3.63) is 52.0 Å². The van der Waals surface area contributed by atoms with Gasteiger partial charge < -0.3 is 9.38 Å². The minimum Gasteiger partial charge on any atom is -0.366 e. The van der Waals surface area contributed by atoms with Gasteiger partial charge in [0.1, 0.15) is 5.69 Å². The van der Waals surface area contributed by atoms with Crippen LogP contribution in [0.15, 0.2) is 46.6 Å². The van der Waals surface area contributed by atoms with E-state index in [1.54, 1.807) is 0 Å². The molecule has 0 unspecified atom stereocenters. The molecule has 0 fully saturated rings. The van der Waals surface area contributed by atoms with Gasteiger partial charge in [0.2, 0.25) is 0 Å². The van der Waals surface area contributed by atoms with Gasteiger partial charge in [-0.15, -0.1) is 5.11 Å². The third kappa shape index (κ3) is 6.93. The quantitative estimate of drug-likeness (QED) is 0.231. The van der Waals surface area contributed by atoms with Crippen LogP contribution in [0.3, 0.4) is 0 Å². The van der Waals surface area contributed by atoms with Gasteiger partial charge in [-0.25, -0.2) is 0 Å². The lowest BCUT2D eigenvalue weighted by Crippen LogP contribution is -2.51. The number of hydrogen-bond acceptors (Lipinski definition) is 3. The maximum absolute atomic E-state index is 6.38. The summed E-state index contributed by atoms with van der Waals surface area (Å²) in [7, 11) is 0. The standard InChI is InChI=1S/C25H37Cl2N4/c1-6-11-20-18-23(26)25(24(27)19-20)29-28-21-12-14-22(15-13-21)30(7-2)16-17-31(8-3,9-4)10-5/h12-15,18-19H,6-11,16-17H2,1-5H3/q+1. The summed E-state index contributed by atoms with van der Waals surface area (Å²) in [6, 6.07) is 12.1. The smallest absolute Gasteiger partial charge is 0.123 e. The van der Waals surface area contributed by atoms with Crippen LogP contribution in [-0.4, -0.2) is 43.8 Å². The first-order chi connectivity index (χ1) is 14.9. The number of aryl methyl sites for hydroxylation is 1. The molecule has 6 heteroatoms. The van der Waals surface area contributed by atoms with E-state index in [4.69, 9.17) is 23.2 Å². The third-order valence-electron chi connectivity index (χ3n) is 6.33. The first kappa shape index (κ1) is 25.6. The zero-order chi connectivity index (χ0) is 22.9. The Morgan fingerprint density at radius 2 is 1.42 bits per heavy atom. The van der Waals surface area contributed by atoms with Crippen molar-refractivity contribution in [2.24, 2.45) is 10.2 Å². The van der Waals surface area contributed by atoms with Crippen LogP contribution >= 0.6 is 23.2 Å². The SMILES string of the molecule is CCCc1cc(Cl)c(N=Nc2ccc(N(CC)CC[N+](CC)(CC)CC)cc2)c(Cl)c1. The molecule has 0 aliphatic heterocycles. The minimum absolute atomic E-state index is 0.523. The molecule has 0 aliphatic carbocycles. The van der Waals surface area contributed by atoms with E-state index in [2.05, 4.69) is 61.9 Å². The molecule has 0 aliphatic rings. The Morgan fingerprint density at radius 3 is 1.90 bits per heavy atom. The van der Waals surface area contributed by atoms with Gasteiger partial charge in [0.15, 0.2) is 0 Å². The molecule has 31 heavy (non-hydrogen) atoms. The molecule has 0 spiro atoms. The molecule has 0 radical (unpaired) electrons. The highest BCUT2D eigenvalue weighted by Gasteiger charge is 2.21. The van der Waals surface area contributed by atoms with Crippen molar-refractivity contribution in [2.45, 2.75) is 47.5 Å². The van der Waals surface area contributed by atoms with Gasteiger partial charge in [0.25, 0.3) is 0 Å². The fourth-order valence-electron chi connectivity index (χ4n) is 3.93. The molecule has 2 aromatic carbocycles. The van der Waals surface area contributed by atoms with E-state index in [1.165, 1.54) is 25.3 Å². The van der Waals surface area contributed by atoms with E-state index in [1.807, 2.05) is 24.3 Å². The van der Waals surface area contributed by atoms with Crippen molar-refractivity contribution in [3.8, 4) is 0 Å². The van der Waals surface area contributed by atoms with E-state index in [9.17, 15) is 0 Å². The van der Waals surface area contributed by atoms with Crippen LogP contribution in [-0.2, 0) is 6.42 Å². The molecule has 4 nitrogen and oxygen atoms in total. The maximum Gasteiger partial charge on any atom is 0.123 e. The first-order valence-electron chi connectivity index (χ1n) is 11.5. The van der Waals surface area contributed by atoms with Crippen LogP contribution in [0.2, 0.25) is 10.0 Å². The Kier molecular flexibility index (Phi) is 10.3. The first-order valence-corrected chi connectivity index (χ1v) is 12.3. The lowest BCUT2D eigenvalue weighted by Gasteiger charge is -2.38. The summed E-state index contributed by atoms with van der Waals surface area (Å²) < 4.78 is 1.15. The van der Waals surface area contributed by atoms with Gasteiger partial charge >= 0.3 is 0 Å². The lowest BCUT2D eigenvalue weighted by molar-refractivity contribution is -0.921. The Balaban J connectivity index is 2.10. The van der Waals surface area contributed by atoms with Crippen LogP contribution in [0.5, 0.6) is 0 Å². The minimum atomic E-state index is 0.523. The number of quaternary nitrogens is 1. The molecule has 0 bridgehead atoms. The van der Waals surface area contributed by atoms with E-state index in [0.29, 0.717) is 15.7 Å². The molecule has 2 rings (SSSR count). The average molecular weight is 465 g/mol. The molecule has 2 aromatic rings. The molecular weight excluding hydrogens is 427 g/mol. The summed E-state index contributed by atoms with van der Waals surface area (Å²) in [6.07, 6.45) is 1.99. The van der Waals surface area contributed by atoms with Crippen molar-refractivity contribution in [3.63, 3.8) is 0 Å². The molecule has 170 valence electrons. The van der Waals surface area contributed by atoms with Crippen LogP contribution in [0.25, 0.3) is 0 Å². The fourth-order valence-corrected chi connectivity index (χ4v) is 4.54. The van der Waals surface area contributed by atoms with Crippen LogP contribution in [0.1, 0.15) is 46.6 Å². The summed E-state index contributed by atoms with van der Waals surface area (Å²) in [5.74, 6) is 0. The van der Waals surface area contributed by atoms with E-state index in [-0.39, 0.29) is 0 Å². The normalized spacial score (nSPS) is 12.0. The van der Waals surface area contributed by atoms with E-state index < -0.39 is 0 Å². The predicted molar refractivity (Wildman–Crippen MR) is 136 cm³/mol. The number of rotatable bonds is 12. The summed E-state index contributed by atoms with van der Waals surface area (Å²) in [5, 5.41) is 9.76. The van der Waals surface area contributed by atoms with Crippen LogP contribution in [0, 0.1) is 0 Å². The average Bonchev–Trinajstić information content (AvgIpc) is 2.78. The van der Waals surface area contributed by atoms with Crippen molar-refractivity contribution in [1.29, 1.82) is 0 Å². The van der Waals surface area contributed by atoms with Crippen molar-refractivity contribution in [2.75, 3.05) is 44.2 Å². The second-order valence-electron chi connectivity index (χ2n) is 7.97. The highest BCUT2D eigenvalue weighted by Crippen LogP contribution is 2.36. The summed E-state index contributed by atoms with van der Waals surface area (Å²) in [4.78, 5) is 2.43. The van der Waals surface area contributed by atoms with Crippen molar-refractivity contribution < 1.29 is 4.48 Å². The van der Waals surface area contributed by atoms with Gasteiger partial charge in [-0.05, 0) is 76.1 Å². The molecule has 0 heterocycles. The lowest BCUT2D eigenvalue weighted by atomic mass is 10.1. The predicted octanol–water partition coefficient (Wildman–Crippen LogP) is 8.06. The summed E-state index contributed by atoms with van der Waals surface area (Å²) >= 11 is 12.8. The van der Waals surface area contributed by atoms with E-state index >= 15 is 0 Å². The topological polar surface area (TPSA) is 28.0 Å². The molecule has 0 saturated carbocycles. The fraction of sp³-hybridized carbons (Fsp3) is 0.520. The zero-order valence-corrected chi connectivity index (χ0v) is 21.2. The zero-order valence-electron chi connectivity index (χ0n) is 19.7. The Bertz CT molecular complexity index is 814. The van der Waals surface area contributed by atoms with Crippen LogP contribution < -0.4 is 4.90 Å². The second kappa shape index (κ2) is 12.4. The van der Waals surface area contributed by atoms with E-state index in [0.717, 1.165) is 48.2 Å². The van der Waals surface area contributed by atoms with Gasteiger partial charge in [-0.1, -0.05) is 36.5 Å². The van der Waals surface area contributed by atoms with Gasteiger partial charge in [0.05, 0.1) is 48.5 Å². The molecule has 0 N–H and O–H groups in total. The maximum atomic E-state index is 6.38. The number of likely N-dealkylation sites (N-methyl/N-ethyl adjacent to an activating group) is 2. The molecule has 0 saturated heterocycles. The van der Waals surface area contributed by atoms with Gasteiger partial charge in [-0.3, -0.25) is 0 Å². The monoisotopic (exact) mass is 463 g/mol. The number of azo groups is 1. The molecule has 0 amide bonds. The summed E-state index contributed by atoms with van der Waals surface area (Å²) in [6.45, 7) is 17.9. The third-order valence-corrected chi connectivity index (χ3v) is 6.91. The summed E-state index contributed by atoms with van der Waals surface area (Å²) in [5.41, 5.74) is 3.64.